The smallest absolute Gasteiger partial charge is 0.133 e. The maximum atomic E-state index is 5.16. The largest absolute Gasteiger partial charge is 0.496 e. The van der Waals surface area contributed by atoms with Gasteiger partial charge in [-0.2, -0.15) is 12.6 Å². The summed E-state index contributed by atoms with van der Waals surface area (Å²) < 4.78 is 6.15. The predicted molar refractivity (Wildman–Crippen MR) is 58.3 cm³/mol. The number of hydrogen-bond donors (Lipinski definition) is 1. The van der Waals surface area contributed by atoms with Crippen LogP contribution >= 0.6 is 28.6 Å². The van der Waals surface area contributed by atoms with Crippen molar-refractivity contribution in [2.24, 2.45) is 0 Å². The van der Waals surface area contributed by atoms with E-state index < -0.39 is 0 Å². The van der Waals surface area contributed by atoms with Crippen molar-refractivity contribution < 1.29 is 4.74 Å². The van der Waals surface area contributed by atoms with E-state index in [1.165, 1.54) is 5.56 Å². The van der Waals surface area contributed by atoms with E-state index >= 15 is 0 Å². The van der Waals surface area contributed by atoms with Crippen molar-refractivity contribution in [1.29, 1.82) is 0 Å². The number of hydrogen-bond acceptors (Lipinski definition) is 2. The van der Waals surface area contributed by atoms with Crippen LogP contribution in [0.15, 0.2) is 22.7 Å². The van der Waals surface area contributed by atoms with Gasteiger partial charge in [0, 0.05) is 0 Å². The number of halogens is 1. The van der Waals surface area contributed by atoms with Gasteiger partial charge in [-0.25, -0.2) is 0 Å². The molecule has 1 rings (SSSR count). The Balaban J connectivity index is 2.89. The zero-order valence-electron chi connectivity index (χ0n) is 6.88. The highest BCUT2D eigenvalue weighted by molar-refractivity contribution is 9.10. The molecule has 0 aliphatic rings. The molecule has 0 spiro atoms. The third-order valence-corrected chi connectivity index (χ3v) is 2.49. The Hall–Kier alpha value is -0.150. The van der Waals surface area contributed by atoms with Gasteiger partial charge in [-0.1, -0.05) is 6.07 Å². The van der Waals surface area contributed by atoms with Gasteiger partial charge in [-0.3, -0.25) is 0 Å². The molecule has 3 heteroatoms. The van der Waals surface area contributed by atoms with Crippen molar-refractivity contribution in [2.45, 2.75) is 6.42 Å². The summed E-state index contributed by atoms with van der Waals surface area (Å²) in [7, 11) is 1.67. The molecule has 1 nitrogen and oxygen atoms in total. The van der Waals surface area contributed by atoms with Crippen molar-refractivity contribution in [2.75, 3.05) is 12.9 Å². The molecule has 66 valence electrons. The van der Waals surface area contributed by atoms with Gasteiger partial charge in [-0.05, 0) is 45.8 Å². The van der Waals surface area contributed by atoms with Crippen LogP contribution in [0.2, 0.25) is 0 Å². The Morgan fingerprint density at radius 1 is 1.50 bits per heavy atom. The molecular weight excluding hydrogens is 236 g/mol. The average molecular weight is 247 g/mol. The monoisotopic (exact) mass is 246 g/mol. The topological polar surface area (TPSA) is 9.23 Å². The zero-order valence-corrected chi connectivity index (χ0v) is 9.36. The Bertz CT molecular complexity index is 263. The van der Waals surface area contributed by atoms with Crippen LogP contribution in [0.5, 0.6) is 5.75 Å². The fraction of sp³-hybridized carbons (Fsp3) is 0.333. The molecule has 0 atom stereocenters. The van der Waals surface area contributed by atoms with Crippen LogP contribution in [0.3, 0.4) is 0 Å². The van der Waals surface area contributed by atoms with E-state index in [0.29, 0.717) is 0 Å². The molecule has 0 N–H and O–H groups in total. The fourth-order valence-corrected chi connectivity index (χ4v) is 1.66. The van der Waals surface area contributed by atoms with E-state index in [9.17, 15) is 0 Å². The normalized spacial score (nSPS) is 9.92. The standard InChI is InChI=1S/C9H11BrOS/c1-11-9-6-7(4-5-12)2-3-8(9)10/h2-3,6,12H,4-5H2,1H3. The summed E-state index contributed by atoms with van der Waals surface area (Å²) in [5, 5.41) is 0. The van der Waals surface area contributed by atoms with E-state index in [-0.39, 0.29) is 0 Å². The van der Waals surface area contributed by atoms with Crippen molar-refractivity contribution in [3.05, 3.63) is 28.2 Å². The molecule has 0 aliphatic heterocycles. The van der Waals surface area contributed by atoms with Crippen LogP contribution in [0.1, 0.15) is 5.56 Å². The van der Waals surface area contributed by atoms with Crippen molar-refractivity contribution in [3.8, 4) is 5.75 Å². The van der Waals surface area contributed by atoms with Crippen molar-refractivity contribution >= 4 is 28.6 Å². The van der Waals surface area contributed by atoms with Gasteiger partial charge < -0.3 is 4.74 Å². The summed E-state index contributed by atoms with van der Waals surface area (Å²) in [5.41, 5.74) is 1.25. The number of benzene rings is 1. The Morgan fingerprint density at radius 3 is 2.83 bits per heavy atom. The molecule has 12 heavy (non-hydrogen) atoms. The number of methoxy groups -OCH3 is 1. The quantitative estimate of drug-likeness (QED) is 0.808. The lowest BCUT2D eigenvalue weighted by atomic mass is 10.2. The summed E-state index contributed by atoms with van der Waals surface area (Å²) in [6.45, 7) is 0. The van der Waals surface area contributed by atoms with Crippen LogP contribution in [0, 0.1) is 0 Å². The molecule has 1 aromatic carbocycles. The van der Waals surface area contributed by atoms with Crippen LogP contribution in [-0.4, -0.2) is 12.9 Å². The molecule has 0 bridgehead atoms. The second kappa shape index (κ2) is 4.77. The van der Waals surface area contributed by atoms with E-state index in [1.807, 2.05) is 12.1 Å². The van der Waals surface area contributed by atoms with Gasteiger partial charge in [0.25, 0.3) is 0 Å². The number of aryl methyl sites for hydroxylation is 1. The lowest BCUT2D eigenvalue weighted by Crippen LogP contribution is -1.89. The predicted octanol–water partition coefficient (Wildman–Crippen LogP) is 2.93. The van der Waals surface area contributed by atoms with Crippen LogP contribution < -0.4 is 4.74 Å². The van der Waals surface area contributed by atoms with Crippen LogP contribution in [0.25, 0.3) is 0 Å². The van der Waals surface area contributed by atoms with Gasteiger partial charge in [0.1, 0.15) is 5.75 Å². The lowest BCUT2D eigenvalue weighted by Gasteiger charge is -2.05. The lowest BCUT2D eigenvalue weighted by molar-refractivity contribution is 0.411. The van der Waals surface area contributed by atoms with Gasteiger partial charge >= 0.3 is 0 Å². The van der Waals surface area contributed by atoms with Gasteiger partial charge in [0.05, 0.1) is 11.6 Å². The van der Waals surface area contributed by atoms with Crippen molar-refractivity contribution in [3.63, 3.8) is 0 Å². The Kier molecular flexibility index (Phi) is 3.95. The average Bonchev–Trinajstić information content (AvgIpc) is 2.09. The summed E-state index contributed by atoms with van der Waals surface area (Å²) >= 11 is 7.57. The minimum absolute atomic E-state index is 0.866. The molecule has 0 unspecified atom stereocenters. The minimum Gasteiger partial charge on any atom is -0.496 e. The van der Waals surface area contributed by atoms with Crippen LogP contribution in [0.4, 0.5) is 0 Å². The third kappa shape index (κ3) is 2.42. The van der Waals surface area contributed by atoms with Crippen molar-refractivity contribution in [1.82, 2.24) is 0 Å². The first-order chi connectivity index (χ1) is 5.77. The molecular formula is C9H11BrOS. The summed E-state index contributed by atoms with van der Waals surface area (Å²) in [5.74, 6) is 1.75. The van der Waals surface area contributed by atoms with Gasteiger partial charge in [0.15, 0.2) is 0 Å². The summed E-state index contributed by atoms with van der Waals surface area (Å²) in [4.78, 5) is 0. The first kappa shape index (κ1) is 9.93. The highest BCUT2D eigenvalue weighted by Gasteiger charge is 2.00. The highest BCUT2D eigenvalue weighted by atomic mass is 79.9. The van der Waals surface area contributed by atoms with Crippen LogP contribution in [-0.2, 0) is 6.42 Å². The number of ether oxygens (including phenoxy) is 1. The molecule has 0 fully saturated rings. The summed E-state index contributed by atoms with van der Waals surface area (Å²) in [6, 6.07) is 6.10. The molecule has 0 heterocycles. The van der Waals surface area contributed by atoms with E-state index in [4.69, 9.17) is 4.74 Å². The third-order valence-electron chi connectivity index (χ3n) is 1.62. The minimum atomic E-state index is 0.866. The maximum Gasteiger partial charge on any atom is 0.133 e. The SMILES string of the molecule is COc1cc(CCS)ccc1Br. The number of thiol groups is 1. The summed E-state index contributed by atoms with van der Waals surface area (Å²) in [6.07, 6.45) is 0.979. The zero-order chi connectivity index (χ0) is 8.97. The Morgan fingerprint density at radius 2 is 2.25 bits per heavy atom. The molecule has 0 aromatic heterocycles. The molecule has 0 saturated carbocycles. The molecule has 0 radical (unpaired) electrons. The van der Waals surface area contributed by atoms with Gasteiger partial charge in [0.2, 0.25) is 0 Å². The molecule has 0 saturated heterocycles. The fourth-order valence-electron chi connectivity index (χ4n) is 0.989. The van der Waals surface area contributed by atoms with E-state index in [0.717, 1.165) is 22.4 Å². The van der Waals surface area contributed by atoms with Gasteiger partial charge in [-0.15, -0.1) is 0 Å². The Labute approximate surface area is 86.7 Å². The number of rotatable bonds is 3. The highest BCUT2D eigenvalue weighted by Crippen LogP contribution is 2.25. The van der Waals surface area contributed by atoms with E-state index in [2.05, 4.69) is 34.6 Å². The maximum absolute atomic E-state index is 5.16. The second-order valence-electron chi connectivity index (χ2n) is 2.44. The first-order valence-corrected chi connectivity index (χ1v) is 5.13. The van der Waals surface area contributed by atoms with E-state index in [1.54, 1.807) is 7.11 Å². The second-order valence-corrected chi connectivity index (χ2v) is 3.74. The molecule has 1 aromatic rings. The molecule has 0 aliphatic carbocycles. The first-order valence-electron chi connectivity index (χ1n) is 3.71. The molecule has 0 amide bonds.